The molecule has 0 unspecified atom stereocenters. The molecule has 0 spiro atoms. The lowest BCUT2D eigenvalue weighted by molar-refractivity contribution is 0.0939. The molecule has 1 N–H and O–H groups in total. The molecule has 0 saturated heterocycles. The van der Waals surface area contributed by atoms with Gasteiger partial charge in [0.2, 0.25) is 0 Å². The molecule has 2 rings (SSSR count). The van der Waals surface area contributed by atoms with Gasteiger partial charge in [-0.05, 0) is 50.6 Å². The van der Waals surface area contributed by atoms with Crippen LogP contribution in [0.3, 0.4) is 0 Å². The quantitative estimate of drug-likeness (QED) is 0.731. The van der Waals surface area contributed by atoms with E-state index in [2.05, 4.69) is 5.32 Å². The molecule has 2 aromatic carbocycles. The molecule has 26 heavy (non-hydrogen) atoms. The van der Waals surface area contributed by atoms with Crippen molar-refractivity contribution >= 4 is 5.91 Å². The Bertz CT molecular complexity index is 730. The lowest BCUT2D eigenvalue weighted by Gasteiger charge is -2.15. The number of rotatable bonds is 9. The van der Waals surface area contributed by atoms with Crippen LogP contribution in [0.4, 0.5) is 0 Å². The fourth-order valence-electron chi connectivity index (χ4n) is 2.39. The summed E-state index contributed by atoms with van der Waals surface area (Å²) < 4.78 is 16.7. The Morgan fingerprint density at radius 3 is 2.54 bits per heavy atom. The van der Waals surface area contributed by atoms with Gasteiger partial charge < -0.3 is 19.5 Å². The maximum atomic E-state index is 12.4. The van der Waals surface area contributed by atoms with Crippen LogP contribution in [0.2, 0.25) is 0 Å². The lowest BCUT2D eigenvalue weighted by atomic mass is 10.1. The van der Waals surface area contributed by atoms with E-state index >= 15 is 0 Å². The topological polar surface area (TPSA) is 56.8 Å². The van der Waals surface area contributed by atoms with Crippen molar-refractivity contribution in [2.24, 2.45) is 0 Å². The first-order valence-electron chi connectivity index (χ1n) is 8.90. The third-order valence-electron chi connectivity index (χ3n) is 4.05. The average Bonchev–Trinajstić information content (AvgIpc) is 2.67. The van der Waals surface area contributed by atoms with Gasteiger partial charge in [0.1, 0.15) is 23.9 Å². The van der Waals surface area contributed by atoms with E-state index in [-0.39, 0.29) is 11.9 Å². The molecular formula is C21H27NO4. The summed E-state index contributed by atoms with van der Waals surface area (Å²) in [6.07, 6.45) is 0.884. The first-order chi connectivity index (χ1) is 12.6. The number of methoxy groups -OCH3 is 1. The molecule has 0 aliphatic heterocycles. The number of hydrogen-bond donors (Lipinski definition) is 1. The Labute approximate surface area is 155 Å². The van der Waals surface area contributed by atoms with Gasteiger partial charge >= 0.3 is 0 Å². The van der Waals surface area contributed by atoms with E-state index in [1.165, 1.54) is 0 Å². The molecule has 0 radical (unpaired) electrons. The van der Waals surface area contributed by atoms with Crippen LogP contribution in [0.1, 0.15) is 43.1 Å². The van der Waals surface area contributed by atoms with Gasteiger partial charge in [0, 0.05) is 23.2 Å². The summed E-state index contributed by atoms with van der Waals surface area (Å²) in [4.78, 5) is 12.4. The number of carbonyl (C=O) groups excluding carboxylic acids is 1. The Morgan fingerprint density at radius 1 is 1.08 bits per heavy atom. The van der Waals surface area contributed by atoms with Gasteiger partial charge in [0.05, 0.1) is 13.7 Å². The average molecular weight is 357 g/mol. The van der Waals surface area contributed by atoms with E-state index in [9.17, 15) is 4.79 Å². The number of benzene rings is 2. The van der Waals surface area contributed by atoms with Crippen LogP contribution < -0.4 is 19.5 Å². The van der Waals surface area contributed by atoms with Gasteiger partial charge in [0.15, 0.2) is 0 Å². The summed E-state index contributed by atoms with van der Waals surface area (Å²) in [6, 6.07) is 13.0. The summed E-state index contributed by atoms with van der Waals surface area (Å²) in [5.74, 6) is 2.05. The van der Waals surface area contributed by atoms with Gasteiger partial charge in [-0.1, -0.05) is 13.0 Å². The van der Waals surface area contributed by atoms with Crippen LogP contribution in [0.5, 0.6) is 17.2 Å². The number of ether oxygens (including phenoxy) is 3. The zero-order chi connectivity index (χ0) is 18.9. The monoisotopic (exact) mass is 357 g/mol. The van der Waals surface area contributed by atoms with Crippen molar-refractivity contribution < 1.29 is 19.0 Å². The largest absolute Gasteiger partial charge is 0.497 e. The van der Waals surface area contributed by atoms with Gasteiger partial charge in [-0.25, -0.2) is 0 Å². The molecule has 5 nitrogen and oxygen atoms in total. The fourth-order valence-corrected chi connectivity index (χ4v) is 2.39. The van der Waals surface area contributed by atoms with Crippen LogP contribution in [0, 0.1) is 0 Å². The highest BCUT2D eigenvalue weighted by atomic mass is 16.5. The van der Waals surface area contributed by atoms with Crippen molar-refractivity contribution in [3.05, 3.63) is 53.6 Å². The molecular weight excluding hydrogens is 330 g/mol. The summed E-state index contributed by atoms with van der Waals surface area (Å²) in [6.45, 7) is 6.80. The summed E-state index contributed by atoms with van der Waals surface area (Å²) in [5.41, 5.74) is 1.42. The summed E-state index contributed by atoms with van der Waals surface area (Å²) in [5, 5.41) is 2.98. The van der Waals surface area contributed by atoms with Crippen molar-refractivity contribution in [3.8, 4) is 17.2 Å². The maximum absolute atomic E-state index is 12.4. The van der Waals surface area contributed by atoms with Gasteiger partial charge in [-0.15, -0.1) is 0 Å². The highest BCUT2D eigenvalue weighted by Gasteiger charge is 2.13. The Balaban J connectivity index is 2.17. The van der Waals surface area contributed by atoms with E-state index < -0.39 is 0 Å². The Morgan fingerprint density at radius 2 is 1.85 bits per heavy atom. The molecule has 140 valence electrons. The smallest absolute Gasteiger partial charge is 0.251 e. The standard InChI is InChI=1S/C21H27NO4/c1-5-15(3)22-21(23)16-10-11-20(25-6-2)17(12-16)14-26-19-9-7-8-18(13-19)24-4/h7-13,15H,5-6,14H2,1-4H3,(H,22,23)/t15-/m0/s1. The highest BCUT2D eigenvalue weighted by molar-refractivity contribution is 5.94. The highest BCUT2D eigenvalue weighted by Crippen LogP contribution is 2.24. The van der Waals surface area contributed by atoms with Crippen molar-refractivity contribution in [2.75, 3.05) is 13.7 Å². The fraction of sp³-hybridized carbons (Fsp3) is 0.381. The predicted octanol–water partition coefficient (Wildman–Crippen LogP) is 4.20. The number of hydrogen-bond acceptors (Lipinski definition) is 4. The van der Waals surface area contributed by atoms with E-state index in [0.717, 1.165) is 23.5 Å². The van der Waals surface area contributed by atoms with Crippen molar-refractivity contribution in [1.29, 1.82) is 0 Å². The van der Waals surface area contributed by atoms with Crippen LogP contribution >= 0.6 is 0 Å². The van der Waals surface area contributed by atoms with Gasteiger partial charge in [0.25, 0.3) is 5.91 Å². The summed E-state index contributed by atoms with van der Waals surface area (Å²) in [7, 11) is 1.62. The molecule has 0 bridgehead atoms. The zero-order valence-electron chi connectivity index (χ0n) is 15.9. The van der Waals surface area contributed by atoms with Crippen LogP contribution in [0.15, 0.2) is 42.5 Å². The van der Waals surface area contributed by atoms with Crippen molar-refractivity contribution in [2.45, 2.75) is 39.8 Å². The van der Waals surface area contributed by atoms with E-state index in [0.29, 0.717) is 24.5 Å². The lowest BCUT2D eigenvalue weighted by Crippen LogP contribution is -2.32. The number of amides is 1. The minimum absolute atomic E-state index is 0.0926. The molecule has 1 atom stereocenters. The van der Waals surface area contributed by atoms with Crippen LogP contribution in [-0.4, -0.2) is 25.7 Å². The van der Waals surface area contributed by atoms with Crippen molar-refractivity contribution in [1.82, 2.24) is 5.32 Å². The minimum Gasteiger partial charge on any atom is -0.497 e. The van der Waals surface area contributed by atoms with Gasteiger partial charge in [-0.2, -0.15) is 0 Å². The van der Waals surface area contributed by atoms with E-state index in [1.807, 2.05) is 57.2 Å². The predicted molar refractivity (Wildman–Crippen MR) is 102 cm³/mol. The second-order valence-electron chi connectivity index (χ2n) is 6.01. The Hall–Kier alpha value is -2.69. The molecule has 0 aliphatic carbocycles. The first-order valence-corrected chi connectivity index (χ1v) is 8.90. The molecule has 5 heteroatoms. The second-order valence-corrected chi connectivity index (χ2v) is 6.01. The molecule has 0 aliphatic rings. The van der Waals surface area contributed by atoms with E-state index in [4.69, 9.17) is 14.2 Å². The zero-order valence-corrected chi connectivity index (χ0v) is 15.9. The normalized spacial score (nSPS) is 11.5. The third kappa shape index (κ3) is 5.41. The second kappa shape index (κ2) is 9.70. The van der Waals surface area contributed by atoms with Crippen molar-refractivity contribution in [3.63, 3.8) is 0 Å². The number of nitrogens with one attached hydrogen (secondary N) is 1. The van der Waals surface area contributed by atoms with E-state index in [1.54, 1.807) is 13.2 Å². The third-order valence-corrected chi connectivity index (χ3v) is 4.05. The Kier molecular flexibility index (Phi) is 7.33. The van der Waals surface area contributed by atoms with Crippen LogP contribution in [0.25, 0.3) is 0 Å². The summed E-state index contributed by atoms with van der Waals surface area (Å²) >= 11 is 0. The van der Waals surface area contributed by atoms with Crippen LogP contribution in [-0.2, 0) is 6.61 Å². The first kappa shape index (κ1) is 19.6. The maximum Gasteiger partial charge on any atom is 0.251 e. The molecule has 2 aromatic rings. The molecule has 0 aromatic heterocycles. The molecule has 1 amide bonds. The molecule has 0 heterocycles. The number of carbonyl (C=O) groups is 1. The molecule has 0 saturated carbocycles. The SMILES string of the molecule is CCOc1ccc(C(=O)N[C@@H](C)CC)cc1COc1cccc(OC)c1. The minimum atomic E-state index is -0.0926. The molecule has 0 fully saturated rings. The van der Waals surface area contributed by atoms with Gasteiger partial charge in [-0.3, -0.25) is 4.79 Å².